The fourth-order valence-electron chi connectivity index (χ4n) is 2.21. The van der Waals surface area contributed by atoms with Crippen molar-refractivity contribution in [1.29, 1.82) is 0 Å². The van der Waals surface area contributed by atoms with Crippen molar-refractivity contribution in [2.24, 2.45) is 5.92 Å². The Hall–Kier alpha value is -0.900. The first-order chi connectivity index (χ1) is 7.25. The first kappa shape index (κ1) is 10.6. The van der Waals surface area contributed by atoms with E-state index in [0.717, 1.165) is 39.0 Å². The Bertz CT molecular complexity index is 259. The fourth-order valence-corrected chi connectivity index (χ4v) is 2.21. The molecule has 0 saturated carbocycles. The van der Waals surface area contributed by atoms with E-state index in [-0.39, 0.29) is 18.1 Å². The van der Waals surface area contributed by atoms with Crippen LogP contribution < -0.4 is 0 Å². The minimum atomic E-state index is 0.00654. The maximum atomic E-state index is 11.3. The van der Waals surface area contributed by atoms with Crippen LogP contribution in [0.15, 0.2) is 0 Å². The van der Waals surface area contributed by atoms with Gasteiger partial charge >= 0.3 is 0 Å². The number of carbonyl (C=O) groups is 2. The molecule has 15 heavy (non-hydrogen) atoms. The van der Waals surface area contributed by atoms with E-state index in [1.807, 2.05) is 0 Å². The first-order valence-corrected chi connectivity index (χ1v) is 5.63. The molecule has 84 valence electrons. The van der Waals surface area contributed by atoms with Gasteiger partial charge in [-0.05, 0) is 25.2 Å². The summed E-state index contributed by atoms with van der Waals surface area (Å²) in [5.41, 5.74) is 0. The normalized spacial score (nSPS) is 23.9. The molecular weight excluding hydrogens is 194 g/mol. The first-order valence-electron chi connectivity index (χ1n) is 5.63. The highest BCUT2D eigenvalue weighted by Gasteiger charge is 2.27. The number of hydrogen-bond acceptors (Lipinski definition) is 3. The van der Waals surface area contributed by atoms with Gasteiger partial charge < -0.3 is 9.64 Å². The van der Waals surface area contributed by atoms with Crippen LogP contribution in [0.4, 0.5) is 0 Å². The van der Waals surface area contributed by atoms with Crippen LogP contribution in [0, 0.1) is 5.92 Å². The number of rotatable bonds is 3. The zero-order valence-corrected chi connectivity index (χ0v) is 8.91. The van der Waals surface area contributed by atoms with Gasteiger partial charge in [-0.3, -0.25) is 9.59 Å². The monoisotopic (exact) mass is 211 g/mol. The Labute approximate surface area is 89.6 Å². The molecule has 0 spiro atoms. The van der Waals surface area contributed by atoms with Crippen molar-refractivity contribution >= 4 is 11.7 Å². The zero-order chi connectivity index (χ0) is 10.7. The van der Waals surface area contributed by atoms with Gasteiger partial charge in [-0.25, -0.2) is 0 Å². The summed E-state index contributed by atoms with van der Waals surface area (Å²) in [5, 5.41) is 0. The van der Waals surface area contributed by atoms with Crippen molar-refractivity contribution in [1.82, 2.24) is 4.90 Å². The maximum Gasteiger partial charge on any atom is 0.230 e. The van der Waals surface area contributed by atoms with Crippen LogP contribution in [-0.4, -0.2) is 42.9 Å². The van der Waals surface area contributed by atoms with Crippen LogP contribution in [0.5, 0.6) is 0 Å². The lowest BCUT2D eigenvalue weighted by Gasteiger charge is -2.24. The molecule has 4 heteroatoms. The largest absolute Gasteiger partial charge is 0.381 e. The second kappa shape index (κ2) is 4.75. The predicted molar refractivity (Wildman–Crippen MR) is 54.4 cm³/mol. The summed E-state index contributed by atoms with van der Waals surface area (Å²) >= 11 is 0. The van der Waals surface area contributed by atoms with E-state index in [0.29, 0.717) is 12.5 Å². The van der Waals surface area contributed by atoms with Crippen LogP contribution in [0.1, 0.15) is 25.7 Å². The molecule has 0 bridgehead atoms. The van der Waals surface area contributed by atoms with Gasteiger partial charge in [-0.15, -0.1) is 0 Å². The molecular formula is C11H17NO3. The topological polar surface area (TPSA) is 46.6 Å². The van der Waals surface area contributed by atoms with Crippen molar-refractivity contribution in [3.8, 4) is 0 Å². The molecule has 2 heterocycles. The molecule has 0 aromatic carbocycles. The van der Waals surface area contributed by atoms with Gasteiger partial charge in [0, 0.05) is 19.8 Å². The average molecular weight is 211 g/mol. The number of likely N-dealkylation sites (tertiary alicyclic amines) is 1. The number of carbonyl (C=O) groups excluding carboxylic acids is 2. The summed E-state index contributed by atoms with van der Waals surface area (Å²) < 4.78 is 5.28. The molecule has 0 N–H and O–H groups in total. The van der Waals surface area contributed by atoms with E-state index in [9.17, 15) is 9.59 Å². The van der Waals surface area contributed by atoms with Crippen molar-refractivity contribution in [3.05, 3.63) is 0 Å². The predicted octanol–water partition coefficient (Wildman–Crippen LogP) is 0.605. The highest BCUT2D eigenvalue weighted by atomic mass is 16.5. The molecule has 4 nitrogen and oxygen atoms in total. The third-order valence-electron chi connectivity index (χ3n) is 3.22. The summed E-state index contributed by atoms with van der Waals surface area (Å²) in [6.45, 7) is 2.77. The molecule has 2 aliphatic heterocycles. The molecule has 2 fully saturated rings. The lowest BCUT2D eigenvalue weighted by Crippen LogP contribution is -2.29. The summed E-state index contributed by atoms with van der Waals surface area (Å²) in [6.07, 6.45) is 3.32. The Balaban J connectivity index is 1.73. The summed E-state index contributed by atoms with van der Waals surface area (Å²) in [4.78, 5) is 24.1. The number of amides is 1. The molecule has 2 aliphatic rings. The lowest BCUT2D eigenvalue weighted by atomic mass is 9.96. The third-order valence-corrected chi connectivity index (χ3v) is 3.22. The van der Waals surface area contributed by atoms with Crippen molar-refractivity contribution in [2.75, 3.05) is 26.3 Å². The van der Waals surface area contributed by atoms with Gasteiger partial charge in [0.05, 0.1) is 13.0 Å². The van der Waals surface area contributed by atoms with Crippen LogP contribution in [0.3, 0.4) is 0 Å². The minimum absolute atomic E-state index is 0.00654. The Morgan fingerprint density at radius 3 is 2.60 bits per heavy atom. The Morgan fingerprint density at radius 1 is 1.27 bits per heavy atom. The number of ketones is 1. The van der Waals surface area contributed by atoms with Gasteiger partial charge in [0.2, 0.25) is 5.91 Å². The average Bonchev–Trinajstić information content (AvgIpc) is 2.56. The van der Waals surface area contributed by atoms with Gasteiger partial charge in [-0.1, -0.05) is 0 Å². The standard InChI is InChI=1S/C11H17NO3/c13-10-7-11(14)12(8-10)4-1-9-2-5-15-6-3-9/h9H,1-8H2. The van der Waals surface area contributed by atoms with Crippen molar-refractivity contribution < 1.29 is 14.3 Å². The number of hydrogen-bond donors (Lipinski definition) is 0. The lowest BCUT2D eigenvalue weighted by molar-refractivity contribution is -0.128. The molecule has 2 rings (SSSR count). The van der Waals surface area contributed by atoms with E-state index in [4.69, 9.17) is 4.74 Å². The zero-order valence-electron chi connectivity index (χ0n) is 8.91. The molecule has 0 aliphatic carbocycles. The fraction of sp³-hybridized carbons (Fsp3) is 0.818. The number of Topliss-reactive ketones (excluding diaryl/α,β-unsaturated/α-hetero) is 1. The van der Waals surface area contributed by atoms with Crippen LogP contribution >= 0.6 is 0 Å². The SMILES string of the molecule is O=C1CC(=O)N(CCC2CCOCC2)C1. The van der Waals surface area contributed by atoms with Crippen molar-refractivity contribution in [2.45, 2.75) is 25.7 Å². The molecule has 2 saturated heterocycles. The van der Waals surface area contributed by atoms with Gasteiger partial charge in [0.15, 0.2) is 5.78 Å². The number of nitrogens with zero attached hydrogens (tertiary/aromatic N) is 1. The summed E-state index contributed by atoms with van der Waals surface area (Å²) in [5.74, 6) is 0.737. The highest BCUT2D eigenvalue weighted by molar-refractivity contribution is 6.05. The van der Waals surface area contributed by atoms with E-state index < -0.39 is 0 Å². The Kier molecular flexibility index (Phi) is 3.36. The van der Waals surface area contributed by atoms with E-state index in [1.165, 1.54) is 0 Å². The van der Waals surface area contributed by atoms with Crippen LogP contribution in [-0.2, 0) is 14.3 Å². The second-order valence-electron chi connectivity index (χ2n) is 4.38. The minimum Gasteiger partial charge on any atom is -0.381 e. The van der Waals surface area contributed by atoms with Crippen molar-refractivity contribution in [3.63, 3.8) is 0 Å². The quantitative estimate of drug-likeness (QED) is 0.642. The van der Waals surface area contributed by atoms with E-state index in [1.54, 1.807) is 4.90 Å². The van der Waals surface area contributed by atoms with E-state index in [2.05, 4.69) is 0 Å². The molecule has 0 aromatic heterocycles. The second-order valence-corrected chi connectivity index (χ2v) is 4.38. The summed E-state index contributed by atoms with van der Waals surface area (Å²) in [7, 11) is 0. The van der Waals surface area contributed by atoms with Gasteiger partial charge in [-0.2, -0.15) is 0 Å². The number of ether oxygens (including phenoxy) is 1. The molecule has 0 atom stereocenters. The molecule has 0 aromatic rings. The molecule has 0 radical (unpaired) electrons. The van der Waals surface area contributed by atoms with E-state index >= 15 is 0 Å². The van der Waals surface area contributed by atoms with Crippen LogP contribution in [0.25, 0.3) is 0 Å². The maximum absolute atomic E-state index is 11.3. The smallest absolute Gasteiger partial charge is 0.230 e. The van der Waals surface area contributed by atoms with Gasteiger partial charge in [0.1, 0.15) is 0 Å². The Morgan fingerprint density at radius 2 is 2.00 bits per heavy atom. The molecule has 1 amide bonds. The summed E-state index contributed by atoms with van der Waals surface area (Å²) in [6, 6.07) is 0. The molecule has 0 unspecified atom stereocenters. The van der Waals surface area contributed by atoms with Gasteiger partial charge in [0.25, 0.3) is 0 Å². The highest BCUT2D eigenvalue weighted by Crippen LogP contribution is 2.19. The third kappa shape index (κ3) is 2.78. The van der Waals surface area contributed by atoms with Crippen LogP contribution in [0.2, 0.25) is 0 Å².